The molecular weight excluding hydrogens is 813 g/mol. The summed E-state index contributed by atoms with van der Waals surface area (Å²) in [6.07, 6.45) is 10.6. The summed E-state index contributed by atoms with van der Waals surface area (Å²) in [6, 6.07) is 0. The zero-order chi connectivity index (χ0) is 45.4. The van der Waals surface area contributed by atoms with Crippen molar-refractivity contribution >= 4 is 5.97 Å². The number of aliphatic hydroxyl groups excluding tert-OH is 2. The molecule has 4 saturated heterocycles. The van der Waals surface area contributed by atoms with E-state index in [1.165, 1.54) is 0 Å². The molecule has 1 spiro atoms. The van der Waals surface area contributed by atoms with Gasteiger partial charge in [-0.15, -0.1) is 0 Å². The molecule has 7 aliphatic rings. The molecule has 0 aromatic carbocycles. The number of carbonyl (C=O) groups is 1. The van der Waals surface area contributed by atoms with Crippen LogP contribution in [0.2, 0.25) is 0 Å². The minimum atomic E-state index is -1.84. The Morgan fingerprint density at radius 2 is 1.60 bits per heavy atom. The zero-order valence-electron chi connectivity index (χ0n) is 38.9. The largest absolute Gasteiger partial charge is 0.494 e. The fourth-order valence-corrected chi connectivity index (χ4v) is 11.0. The predicted octanol–water partition coefficient (Wildman–Crippen LogP) is 5.97. The number of ether oxygens (including phenoxy) is 10. The minimum Gasteiger partial charge on any atom is -0.494 e. The van der Waals surface area contributed by atoms with Crippen LogP contribution in [0.1, 0.15) is 100 Å². The maximum atomic E-state index is 14.4. The summed E-state index contributed by atoms with van der Waals surface area (Å²) in [5.74, 6) is -3.14. The van der Waals surface area contributed by atoms with Gasteiger partial charge in [0, 0.05) is 51.7 Å². The van der Waals surface area contributed by atoms with Gasteiger partial charge in [-0.2, -0.15) is 0 Å². The molecular formula is C49H74O14. The number of esters is 1. The first-order chi connectivity index (χ1) is 30.0. The maximum Gasteiger partial charge on any atom is 0.316 e. The molecule has 2 bridgehead atoms. The van der Waals surface area contributed by atoms with Gasteiger partial charge in [-0.05, 0) is 69.8 Å². The smallest absolute Gasteiger partial charge is 0.316 e. The van der Waals surface area contributed by atoms with Crippen molar-refractivity contribution in [3.05, 3.63) is 59.4 Å². The summed E-state index contributed by atoms with van der Waals surface area (Å²) >= 11 is 0. The van der Waals surface area contributed by atoms with Crippen molar-refractivity contribution in [3.8, 4) is 0 Å². The molecule has 14 nitrogen and oxygen atoms in total. The van der Waals surface area contributed by atoms with Crippen LogP contribution in [0.5, 0.6) is 0 Å². The van der Waals surface area contributed by atoms with Crippen molar-refractivity contribution in [1.82, 2.24) is 0 Å². The number of rotatable bonds is 9. The number of aliphatic hydroxyl groups is 3. The second kappa shape index (κ2) is 20.2. The van der Waals surface area contributed by atoms with E-state index in [4.69, 9.17) is 47.4 Å². The van der Waals surface area contributed by atoms with E-state index in [1.807, 2.05) is 32.1 Å². The molecule has 7 rings (SSSR count). The summed E-state index contributed by atoms with van der Waals surface area (Å²) in [5, 5.41) is 34.3. The number of carbonyl (C=O) groups excluding carboxylic acids is 1. The lowest BCUT2D eigenvalue weighted by molar-refractivity contribution is -0.318. The molecule has 6 heterocycles. The Bertz CT molecular complexity index is 1740. The number of hydrogen-bond acceptors (Lipinski definition) is 14. The number of methoxy groups -OCH3 is 2. The van der Waals surface area contributed by atoms with Crippen LogP contribution in [0, 0.1) is 29.6 Å². The molecule has 0 saturated carbocycles. The molecule has 6 aliphatic heterocycles. The standard InChI is InChI=1S/C49H74O14/c1-11-13-26(2)45-29(5)18-19-48(63-45)24-34-21-33(62-48)17-16-28(4)44(27(3)14-12-15-39-49(53)35(47(52)59-34)20-30(6)42(50)36(49)25-56-39)60-41-23-38(55-10)46(32(8)58-41)61-40-22-37(54-9)43(51)31(7)57-40/h12,14-16,18-20,26-27,29,31-38,40-46,50-51,53H,11,13,17,21-25H2,1-10H3. The Morgan fingerprint density at radius 3 is 2.33 bits per heavy atom. The van der Waals surface area contributed by atoms with Crippen LogP contribution in [0.25, 0.3) is 0 Å². The summed E-state index contributed by atoms with van der Waals surface area (Å²) in [6.45, 7) is 16.2. The third-order valence-electron chi connectivity index (χ3n) is 14.7. The summed E-state index contributed by atoms with van der Waals surface area (Å²) in [5.41, 5.74) is -0.297. The second-order valence-corrected chi connectivity index (χ2v) is 19.4. The lowest BCUT2D eigenvalue weighted by atomic mass is 9.68. The van der Waals surface area contributed by atoms with E-state index in [0.29, 0.717) is 37.7 Å². The van der Waals surface area contributed by atoms with Crippen LogP contribution in [0.15, 0.2) is 59.4 Å². The predicted molar refractivity (Wildman–Crippen MR) is 232 cm³/mol. The molecule has 63 heavy (non-hydrogen) atoms. The van der Waals surface area contributed by atoms with Gasteiger partial charge >= 0.3 is 5.97 Å². The Labute approximate surface area is 373 Å². The fourth-order valence-electron chi connectivity index (χ4n) is 11.0. The highest BCUT2D eigenvalue weighted by atomic mass is 16.7. The van der Waals surface area contributed by atoms with Gasteiger partial charge in [0.1, 0.15) is 35.6 Å². The van der Waals surface area contributed by atoms with Crippen LogP contribution in [-0.4, -0.2) is 133 Å². The number of fused-ring (bicyclic) bond motifs is 2. The van der Waals surface area contributed by atoms with E-state index >= 15 is 0 Å². The highest BCUT2D eigenvalue weighted by Crippen LogP contribution is 2.49. The van der Waals surface area contributed by atoms with Crippen molar-refractivity contribution in [2.45, 2.75) is 191 Å². The quantitative estimate of drug-likeness (QED) is 0.183. The molecule has 3 N–H and O–H groups in total. The van der Waals surface area contributed by atoms with Crippen molar-refractivity contribution < 1.29 is 67.5 Å². The van der Waals surface area contributed by atoms with Crippen molar-refractivity contribution in [2.75, 3.05) is 20.8 Å². The SMILES string of the molecule is CCCC(C)C1OC2(C=CC1C)CC1CC(CC=C(C)C(OC3CC(OC)C(OC4CC(OC)C(O)C(C)O4)C(C)O3)C(C)C=CC=C3OCC4C(O)C(C)=CC(C(=O)O1)C34O)O2. The molecule has 0 amide bonds. The van der Waals surface area contributed by atoms with Crippen LogP contribution in [0.4, 0.5) is 0 Å². The molecule has 20 atom stereocenters. The van der Waals surface area contributed by atoms with E-state index in [0.717, 1.165) is 18.4 Å². The second-order valence-electron chi connectivity index (χ2n) is 19.4. The summed E-state index contributed by atoms with van der Waals surface area (Å²) in [7, 11) is 3.22. The van der Waals surface area contributed by atoms with E-state index in [1.54, 1.807) is 40.2 Å². The fraction of sp³-hybridized carbons (Fsp3) is 0.776. The van der Waals surface area contributed by atoms with Crippen LogP contribution < -0.4 is 0 Å². The number of allylic oxidation sites excluding steroid dienone is 2. The van der Waals surface area contributed by atoms with Gasteiger partial charge in [0.25, 0.3) is 0 Å². The Balaban J connectivity index is 1.18. The molecule has 20 unspecified atom stereocenters. The third-order valence-corrected chi connectivity index (χ3v) is 14.7. The van der Waals surface area contributed by atoms with E-state index in [2.05, 4.69) is 39.8 Å². The van der Waals surface area contributed by atoms with Crippen LogP contribution in [0.3, 0.4) is 0 Å². The van der Waals surface area contributed by atoms with Crippen molar-refractivity contribution in [2.24, 2.45) is 29.6 Å². The molecule has 1 aliphatic carbocycles. The van der Waals surface area contributed by atoms with Gasteiger partial charge in [0.2, 0.25) is 0 Å². The van der Waals surface area contributed by atoms with E-state index in [-0.39, 0.29) is 48.4 Å². The van der Waals surface area contributed by atoms with Crippen molar-refractivity contribution in [3.63, 3.8) is 0 Å². The number of hydrogen-bond donors (Lipinski definition) is 3. The Kier molecular flexibility index (Phi) is 15.5. The van der Waals surface area contributed by atoms with Gasteiger partial charge in [-0.1, -0.05) is 64.5 Å². The van der Waals surface area contributed by atoms with Gasteiger partial charge < -0.3 is 62.7 Å². The lowest BCUT2D eigenvalue weighted by Crippen LogP contribution is -2.56. The Morgan fingerprint density at radius 1 is 0.889 bits per heavy atom. The first-order valence-corrected chi connectivity index (χ1v) is 23.4. The van der Waals surface area contributed by atoms with Gasteiger partial charge in [0.15, 0.2) is 18.4 Å². The molecule has 354 valence electrons. The maximum absolute atomic E-state index is 14.4. The normalized spacial score (nSPS) is 46.3. The average molecular weight is 887 g/mol. The monoisotopic (exact) mass is 887 g/mol. The molecule has 0 radical (unpaired) electrons. The third kappa shape index (κ3) is 10.1. The highest BCUT2D eigenvalue weighted by Gasteiger charge is 2.61. The minimum absolute atomic E-state index is 0.0371. The first kappa shape index (κ1) is 48.5. The first-order valence-electron chi connectivity index (χ1n) is 23.4. The average Bonchev–Trinajstić information content (AvgIpc) is 3.59. The van der Waals surface area contributed by atoms with Crippen LogP contribution >= 0.6 is 0 Å². The van der Waals surface area contributed by atoms with Gasteiger partial charge in [-0.3, -0.25) is 4.79 Å². The van der Waals surface area contributed by atoms with E-state index < -0.39 is 90.6 Å². The molecule has 14 heteroatoms. The molecule has 0 aromatic rings. The highest BCUT2D eigenvalue weighted by molar-refractivity contribution is 5.78. The summed E-state index contributed by atoms with van der Waals surface area (Å²) < 4.78 is 63.9. The van der Waals surface area contributed by atoms with Crippen LogP contribution in [-0.2, 0) is 52.2 Å². The van der Waals surface area contributed by atoms with Gasteiger partial charge in [-0.25, -0.2) is 0 Å². The summed E-state index contributed by atoms with van der Waals surface area (Å²) in [4.78, 5) is 14.4. The van der Waals surface area contributed by atoms with Crippen molar-refractivity contribution in [1.29, 1.82) is 0 Å². The van der Waals surface area contributed by atoms with Gasteiger partial charge in [0.05, 0.1) is 61.4 Å². The van der Waals surface area contributed by atoms with E-state index in [9.17, 15) is 20.1 Å². The Hall–Kier alpha value is -2.47. The molecule has 4 fully saturated rings. The topological polar surface area (TPSA) is 170 Å². The molecule has 0 aromatic heterocycles. The zero-order valence-corrected chi connectivity index (χ0v) is 38.9. The lowest BCUT2D eigenvalue weighted by Gasteiger charge is -2.48.